The van der Waals surface area contributed by atoms with Crippen LogP contribution >= 0.6 is 0 Å². The van der Waals surface area contributed by atoms with E-state index in [-0.39, 0.29) is 12.1 Å². The number of halogens is 3. The van der Waals surface area contributed by atoms with Crippen molar-refractivity contribution in [1.29, 1.82) is 0 Å². The van der Waals surface area contributed by atoms with Crippen LogP contribution in [0, 0.1) is 0 Å². The highest BCUT2D eigenvalue weighted by Crippen LogP contribution is 2.33. The number of aromatic nitrogens is 6. The van der Waals surface area contributed by atoms with E-state index >= 15 is 0 Å². The van der Waals surface area contributed by atoms with Crippen molar-refractivity contribution < 1.29 is 17.9 Å². The van der Waals surface area contributed by atoms with Crippen molar-refractivity contribution in [3.8, 4) is 28.4 Å². The summed E-state index contributed by atoms with van der Waals surface area (Å²) < 4.78 is 46.7. The van der Waals surface area contributed by atoms with E-state index in [1.54, 1.807) is 24.7 Å². The summed E-state index contributed by atoms with van der Waals surface area (Å²) in [6.07, 6.45) is 9.46. The van der Waals surface area contributed by atoms with E-state index in [1.807, 2.05) is 18.2 Å². The Kier molecular flexibility index (Phi) is 9.20. The number of nitrogens with zero attached hydrogens (tertiary/aromatic N) is 7. The number of rotatable bonds is 10. The van der Waals surface area contributed by atoms with E-state index in [2.05, 4.69) is 42.6 Å². The van der Waals surface area contributed by atoms with E-state index in [1.165, 1.54) is 17.1 Å². The first-order valence-corrected chi connectivity index (χ1v) is 15.0. The Balaban J connectivity index is 1.21. The average Bonchev–Trinajstić information content (AvgIpc) is 3.48. The number of alkyl halides is 3. The summed E-state index contributed by atoms with van der Waals surface area (Å²) in [6.45, 7) is 1.54. The molecule has 2 N–H and O–H groups in total. The molecule has 0 atom stereocenters. The molecule has 232 valence electrons. The third-order valence-corrected chi connectivity index (χ3v) is 8.03. The molecule has 1 saturated carbocycles. The third-order valence-electron chi connectivity index (χ3n) is 8.03. The predicted octanol–water partition coefficient (Wildman–Crippen LogP) is 5.97. The fourth-order valence-electron chi connectivity index (χ4n) is 5.59. The molecule has 13 heteroatoms. The Hall–Kier alpha value is -4.26. The number of pyridine rings is 2. The molecule has 2 aliphatic rings. The van der Waals surface area contributed by atoms with Crippen molar-refractivity contribution in [1.82, 2.24) is 34.6 Å². The molecule has 0 aromatic carbocycles. The second-order valence-corrected chi connectivity index (χ2v) is 11.4. The average molecular weight is 608 g/mol. The number of hydrogen-bond acceptors (Lipinski definition) is 9. The van der Waals surface area contributed by atoms with Gasteiger partial charge < -0.3 is 20.3 Å². The highest BCUT2D eigenvalue weighted by molar-refractivity contribution is 5.78. The van der Waals surface area contributed by atoms with Crippen LogP contribution in [0.2, 0.25) is 0 Å². The van der Waals surface area contributed by atoms with Gasteiger partial charge in [-0.2, -0.15) is 5.10 Å². The summed E-state index contributed by atoms with van der Waals surface area (Å²) in [6, 6.07) is 7.59. The van der Waals surface area contributed by atoms with Gasteiger partial charge in [0.15, 0.2) is 5.82 Å². The fourth-order valence-corrected chi connectivity index (χ4v) is 5.59. The maximum absolute atomic E-state index is 13.9. The van der Waals surface area contributed by atoms with Gasteiger partial charge in [0.2, 0.25) is 0 Å². The third kappa shape index (κ3) is 7.62. The molecule has 0 radical (unpaired) electrons. The van der Waals surface area contributed by atoms with Gasteiger partial charge in [-0.1, -0.05) is 0 Å². The molecule has 4 aromatic rings. The molecular weight excluding hydrogens is 571 g/mol. The first kappa shape index (κ1) is 29.8. The maximum atomic E-state index is 13.9. The van der Waals surface area contributed by atoms with Gasteiger partial charge in [0.25, 0.3) is 6.43 Å². The van der Waals surface area contributed by atoms with Crippen LogP contribution in [0.1, 0.15) is 38.5 Å². The van der Waals surface area contributed by atoms with Crippen LogP contribution in [0.15, 0.2) is 55.2 Å². The second kappa shape index (κ2) is 13.6. The van der Waals surface area contributed by atoms with E-state index in [0.717, 1.165) is 61.5 Å². The molecule has 2 fully saturated rings. The molecule has 1 aliphatic carbocycles. The second-order valence-electron chi connectivity index (χ2n) is 11.4. The van der Waals surface area contributed by atoms with Crippen LogP contribution in [0.25, 0.3) is 22.6 Å². The molecule has 0 bridgehead atoms. The van der Waals surface area contributed by atoms with Crippen LogP contribution in [0.5, 0.6) is 5.75 Å². The van der Waals surface area contributed by atoms with Crippen LogP contribution in [0.3, 0.4) is 0 Å². The maximum Gasteiger partial charge on any atom is 0.257 e. The van der Waals surface area contributed by atoms with Gasteiger partial charge in [0.05, 0.1) is 23.7 Å². The number of ether oxygens (including phenoxy) is 1. The van der Waals surface area contributed by atoms with Gasteiger partial charge >= 0.3 is 0 Å². The number of likely N-dealkylation sites (tertiary alicyclic amines) is 1. The molecule has 44 heavy (non-hydrogen) atoms. The quantitative estimate of drug-likeness (QED) is 0.226. The van der Waals surface area contributed by atoms with E-state index in [9.17, 15) is 13.2 Å². The smallest absolute Gasteiger partial charge is 0.257 e. The molecule has 4 aromatic heterocycles. The number of nitrogens with one attached hydrogen (secondary N) is 2. The summed E-state index contributed by atoms with van der Waals surface area (Å²) in [7, 11) is 2.12. The molecule has 1 aliphatic heterocycles. The van der Waals surface area contributed by atoms with Gasteiger partial charge in [0.1, 0.15) is 36.2 Å². The Morgan fingerprint density at radius 2 is 1.77 bits per heavy atom. The van der Waals surface area contributed by atoms with Crippen LogP contribution in [-0.2, 0) is 6.54 Å². The lowest BCUT2D eigenvalue weighted by Gasteiger charge is -2.29. The van der Waals surface area contributed by atoms with Crippen molar-refractivity contribution in [3.63, 3.8) is 0 Å². The van der Waals surface area contributed by atoms with Gasteiger partial charge in [-0.05, 0) is 63.8 Å². The highest BCUT2D eigenvalue weighted by atomic mass is 19.3. The monoisotopic (exact) mass is 607 g/mol. The first-order chi connectivity index (χ1) is 21.4. The minimum atomic E-state index is -2.51. The molecule has 1 saturated heterocycles. The topological polar surface area (TPSA) is 106 Å². The van der Waals surface area contributed by atoms with Crippen molar-refractivity contribution in [2.24, 2.45) is 0 Å². The lowest BCUT2D eigenvalue weighted by molar-refractivity contribution is 0.114. The van der Waals surface area contributed by atoms with Crippen molar-refractivity contribution in [2.45, 2.75) is 69.8 Å². The predicted molar refractivity (Wildman–Crippen MR) is 162 cm³/mol. The lowest BCUT2D eigenvalue weighted by Crippen LogP contribution is -2.35. The Morgan fingerprint density at radius 1 is 0.955 bits per heavy atom. The minimum absolute atomic E-state index is 0.124. The lowest BCUT2D eigenvalue weighted by atomic mass is 9.93. The van der Waals surface area contributed by atoms with Gasteiger partial charge in [-0.15, -0.1) is 0 Å². The van der Waals surface area contributed by atoms with Crippen molar-refractivity contribution >= 4 is 17.3 Å². The van der Waals surface area contributed by atoms with Gasteiger partial charge in [-0.25, -0.2) is 28.1 Å². The van der Waals surface area contributed by atoms with Crippen LogP contribution < -0.4 is 15.4 Å². The summed E-state index contributed by atoms with van der Waals surface area (Å²) >= 11 is 0. The van der Waals surface area contributed by atoms with Gasteiger partial charge in [-0.3, -0.25) is 9.67 Å². The molecule has 10 nitrogen and oxygen atoms in total. The van der Waals surface area contributed by atoms with E-state index in [4.69, 9.17) is 9.72 Å². The SMILES string of the molecule is CN1CCC(Oc2ccc(-c3cnc(Nc4ccnc(-c5cnn(CC(F)F)c5)n4)cc3NC3CCC(F)CC3)nc2)CC1. The Bertz CT molecular complexity index is 1520. The van der Waals surface area contributed by atoms with Crippen LogP contribution in [-0.4, -0.2) is 79.5 Å². The first-order valence-electron chi connectivity index (χ1n) is 15.0. The number of hydrogen-bond donors (Lipinski definition) is 2. The zero-order valence-electron chi connectivity index (χ0n) is 24.5. The zero-order chi connectivity index (χ0) is 30.5. The summed E-state index contributed by atoms with van der Waals surface area (Å²) in [5.74, 6) is 2.11. The molecule has 0 unspecified atom stereocenters. The standard InChI is InChI=1S/C31H36F3N9O/c1-42-12-9-23(10-13-42)44-24-6-7-26(36-16-24)25-17-37-30(14-27(25)39-22-4-2-21(32)3-5-22)40-29-8-11-35-31(41-29)20-15-38-43(18-20)19-28(33)34/h6-8,11,14-18,21-23,28H,2-5,9-10,12-13,19H2,1H3,(H2,35,37,39,40,41). The molecule has 5 heterocycles. The minimum Gasteiger partial charge on any atom is -0.489 e. The van der Waals surface area contributed by atoms with E-state index < -0.39 is 19.1 Å². The normalized spacial score (nSPS) is 19.7. The summed E-state index contributed by atoms with van der Waals surface area (Å²) in [5.41, 5.74) is 2.91. The van der Waals surface area contributed by atoms with E-state index in [0.29, 0.717) is 35.9 Å². The highest BCUT2D eigenvalue weighted by Gasteiger charge is 2.23. The zero-order valence-corrected chi connectivity index (χ0v) is 24.5. The Labute approximate surface area is 254 Å². The fraction of sp³-hybridized carbons (Fsp3) is 0.452. The van der Waals surface area contributed by atoms with Crippen LogP contribution in [0.4, 0.5) is 30.5 Å². The Morgan fingerprint density at radius 3 is 2.52 bits per heavy atom. The summed E-state index contributed by atoms with van der Waals surface area (Å²) in [4.78, 5) is 20.4. The number of anilines is 3. The molecule has 6 rings (SSSR count). The molecular formula is C31H36F3N9O. The van der Waals surface area contributed by atoms with Crippen molar-refractivity contribution in [2.75, 3.05) is 30.8 Å². The van der Waals surface area contributed by atoms with Crippen molar-refractivity contribution in [3.05, 3.63) is 55.2 Å². The van der Waals surface area contributed by atoms with Gasteiger partial charge in [0, 0.05) is 55.0 Å². The largest absolute Gasteiger partial charge is 0.489 e. The number of piperidine rings is 1. The molecule has 0 spiro atoms. The summed E-state index contributed by atoms with van der Waals surface area (Å²) in [5, 5.41) is 10.8. The molecule has 0 amide bonds.